The lowest BCUT2D eigenvalue weighted by atomic mass is 10.1. The average molecular weight is 260 g/mol. The molecule has 5 heteroatoms. The number of hydrogen-bond donors (Lipinski definition) is 3. The van der Waals surface area contributed by atoms with Gasteiger partial charge in [0, 0.05) is 11.3 Å². The molecule has 0 amide bonds. The summed E-state index contributed by atoms with van der Waals surface area (Å²) in [4.78, 5) is 14.9. The van der Waals surface area contributed by atoms with Crippen LogP contribution in [0.15, 0.2) is 24.3 Å². The molecule has 0 atom stereocenters. The van der Waals surface area contributed by atoms with Crippen molar-refractivity contribution >= 4 is 11.7 Å². The summed E-state index contributed by atoms with van der Waals surface area (Å²) in [5.41, 5.74) is 8.66. The lowest BCUT2D eigenvalue weighted by molar-refractivity contribution is 0.0527. The molecule has 1 heterocycles. The van der Waals surface area contributed by atoms with Crippen LogP contribution >= 0.6 is 0 Å². The Morgan fingerprint density at radius 2 is 2.21 bits per heavy atom. The van der Waals surface area contributed by atoms with E-state index < -0.39 is 5.97 Å². The zero-order chi connectivity index (χ0) is 14.0. The summed E-state index contributed by atoms with van der Waals surface area (Å²) >= 11 is 0. The first-order chi connectivity index (χ1) is 9.04. The van der Waals surface area contributed by atoms with Gasteiger partial charge in [-0.3, -0.25) is 0 Å². The molecule has 1 aromatic carbocycles. The van der Waals surface area contributed by atoms with Crippen LogP contribution in [0.4, 0.5) is 5.69 Å². The average Bonchev–Trinajstić information content (AvgIpc) is 2.65. The van der Waals surface area contributed by atoms with Crippen molar-refractivity contribution in [1.29, 1.82) is 0 Å². The van der Waals surface area contributed by atoms with Crippen LogP contribution in [0.1, 0.15) is 23.0 Å². The normalized spacial score (nSPS) is 10.4. The van der Waals surface area contributed by atoms with Crippen molar-refractivity contribution in [2.45, 2.75) is 13.8 Å². The number of aryl methyl sites for hydroxylation is 1. The monoisotopic (exact) mass is 260 g/mol. The fraction of sp³-hybridized carbons (Fsp3) is 0.214. The van der Waals surface area contributed by atoms with E-state index >= 15 is 0 Å². The van der Waals surface area contributed by atoms with E-state index in [9.17, 15) is 9.90 Å². The van der Waals surface area contributed by atoms with E-state index in [0.29, 0.717) is 29.2 Å². The SMILES string of the molecule is CCOC(=O)c1c(C)[nH]c(-c2cccc(O)c2)c1N. The Morgan fingerprint density at radius 3 is 2.84 bits per heavy atom. The van der Waals surface area contributed by atoms with Gasteiger partial charge in [0.1, 0.15) is 11.3 Å². The minimum atomic E-state index is -0.444. The molecule has 0 saturated heterocycles. The van der Waals surface area contributed by atoms with Crippen LogP contribution in [0.25, 0.3) is 11.3 Å². The maximum absolute atomic E-state index is 11.8. The van der Waals surface area contributed by atoms with E-state index in [1.807, 2.05) is 0 Å². The number of aromatic nitrogens is 1. The first-order valence-corrected chi connectivity index (χ1v) is 5.99. The van der Waals surface area contributed by atoms with Crippen LogP contribution in [0.3, 0.4) is 0 Å². The van der Waals surface area contributed by atoms with Crippen molar-refractivity contribution in [3.8, 4) is 17.0 Å². The second-order valence-electron chi connectivity index (χ2n) is 4.18. The van der Waals surface area contributed by atoms with Crippen LogP contribution in [0.5, 0.6) is 5.75 Å². The van der Waals surface area contributed by atoms with Gasteiger partial charge < -0.3 is 20.6 Å². The molecule has 0 aliphatic rings. The van der Waals surface area contributed by atoms with Gasteiger partial charge in [0.15, 0.2) is 0 Å². The second kappa shape index (κ2) is 5.06. The number of ether oxygens (including phenoxy) is 1. The summed E-state index contributed by atoms with van der Waals surface area (Å²) in [5.74, 6) is -0.304. The molecule has 0 radical (unpaired) electrons. The summed E-state index contributed by atoms with van der Waals surface area (Å²) < 4.78 is 4.97. The van der Waals surface area contributed by atoms with Gasteiger partial charge in [-0.15, -0.1) is 0 Å². The predicted molar refractivity (Wildman–Crippen MR) is 73.0 cm³/mol. The number of esters is 1. The van der Waals surface area contributed by atoms with E-state index in [0.717, 1.165) is 5.56 Å². The highest BCUT2D eigenvalue weighted by Gasteiger charge is 2.20. The maximum atomic E-state index is 11.8. The van der Waals surface area contributed by atoms with Crippen LogP contribution in [-0.2, 0) is 4.74 Å². The number of phenolic OH excluding ortho intramolecular Hbond substituents is 1. The fourth-order valence-electron chi connectivity index (χ4n) is 2.00. The quantitative estimate of drug-likeness (QED) is 0.739. The van der Waals surface area contributed by atoms with Crippen LogP contribution < -0.4 is 5.73 Å². The standard InChI is InChI=1S/C14H16N2O3/c1-3-19-14(18)11-8(2)16-13(12(11)15)9-5-4-6-10(17)7-9/h4-7,16-17H,3,15H2,1-2H3. The maximum Gasteiger partial charge on any atom is 0.342 e. The minimum absolute atomic E-state index is 0.141. The molecule has 0 aliphatic heterocycles. The number of nitrogens with one attached hydrogen (secondary N) is 1. The third-order valence-electron chi connectivity index (χ3n) is 2.84. The first kappa shape index (κ1) is 13.0. The number of H-pyrrole nitrogens is 1. The number of aromatic hydroxyl groups is 1. The largest absolute Gasteiger partial charge is 0.508 e. The van der Waals surface area contributed by atoms with E-state index in [1.165, 1.54) is 0 Å². The van der Waals surface area contributed by atoms with Crippen LogP contribution in [0, 0.1) is 6.92 Å². The molecule has 2 rings (SSSR count). The van der Waals surface area contributed by atoms with Crippen molar-refractivity contribution < 1.29 is 14.6 Å². The topological polar surface area (TPSA) is 88.3 Å². The van der Waals surface area contributed by atoms with E-state index in [-0.39, 0.29) is 5.75 Å². The van der Waals surface area contributed by atoms with Gasteiger partial charge in [0.05, 0.1) is 18.0 Å². The predicted octanol–water partition coefficient (Wildman–Crippen LogP) is 2.45. The lowest BCUT2D eigenvalue weighted by Crippen LogP contribution is -2.07. The molecule has 0 spiro atoms. The summed E-state index contributed by atoms with van der Waals surface area (Å²) in [6.07, 6.45) is 0. The molecule has 0 saturated carbocycles. The second-order valence-corrected chi connectivity index (χ2v) is 4.18. The zero-order valence-electron chi connectivity index (χ0n) is 10.9. The van der Waals surface area contributed by atoms with Crippen molar-refractivity contribution in [1.82, 2.24) is 4.98 Å². The van der Waals surface area contributed by atoms with Crippen molar-refractivity contribution in [2.75, 3.05) is 12.3 Å². The number of benzene rings is 1. The summed E-state index contributed by atoms with van der Waals surface area (Å²) in [6.45, 7) is 3.80. The van der Waals surface area contributed by atoms with Gasteiger partial charge >= 0.3 is 5.97 Å². The van der Waals surface area contributed by atoms with E-state index in [4.69, 9.17) is 10.5 Å². The zero-order valence-corrected chi connectivity index (χ0v) is 10.9. The summed E-state index contributed by atoms with van der Waals surface area (Å²) in [6, 6.07) is 6.67. The number of carbonyl (C=O) groups is 1. The molecule has 100 valence electrons. The van der Waals surface area contributed by atoms with Gasteiger partial charge in [0.25, 0.3) is 0 Å². The van der Waals surface area contributed by atoms with Gasteiger partial charge in [-0.25, -0.2) is 4.79 Å². The van der Waals surface area contributed by atoms with Gasteiger partial charge in [-0.05, 0) is 26.0 Å². The number of anilines is 1. The molecule has 0 aliphatic carbocycles. The Balaban J connectivity index is 2.50. The summed E-state index contributed by atoms with van der Waals surface area (Å²) in [5, 5.41) is 9.49. The van der Waals surface area contributed by atoms with E-state index in [1.54, 1.807) is 38.1 Å². The fourth-order valence-corrected chi connectivity index (χ4v) is 2.00. The molecule has 0 unspecified atom stereocenters. The number of nitrogens with two attached hydrogens (primary N) is 1. The van der Waals surface area contributed by atoms with Gasteiger partial charge in [-0.2, -0.15) is 0 Å². The van der Waals surface area contributed by atoms with Crippen molar-refractivity contribution in [3.63, 3.8) is 0 Å². The third-order valence-corrected chi connectivity index (χ3v) is 2.84. The Kier molecular flexibility index (Phi) is 3.46. The lowest BCUT2D eigenvalue weighted by Gasteiger charge is -2.03. The number of hydrogen-bond acceptors (Lipinski definition) is 4. The Bertz CT molecular complexity index is 617. The number of rotatable bonds is 3. The molecule has 0 bridgehead atoms. The first-order valence-electron chi connectivity index (χ1n) is 5.99. The highest BCUT2D eigenvalue weighted by Crippen LogP contribution is 2.32. The Labute approximate surface area is 111 Å². The molecule has 1 aromatic heterocycles. The number of nitrogen functional groups attached to an aromatic ring is 1. The number of carbonyl (C=O) groups excluding carboxylic acids is 1. The Morgan fingerprint density at radius 1 is 1.47 bits per heavy atom. The molecule has 2 aromatic rings. The molecular weight excluding hydrogens is 244 g/mol. The minimum Gasteiger partial charge on any atom is -0.508 e. The van der Waals surface area contributed by atoms with Crippen LogP contribution in [-0.4, -0.2) is 22.7 Å². The number of aromatic amines is 1. The highest BCUT2D eigenvalue weighted by molar-refractivity contribution is 6.00. The third kappa shape index (κ3) is 2.40. The highest BCUT2D eigenvalue weighted by atomic mass is 16.5. The van der Waals surface area contributed by atoms with Gasteiger partial charge in [-0.1, -0.05) is 12.1 Å². The molecule has 19 heavy (non-hydrogen) atoms. The number of phenols is 1. The van der Waals surface area contributed by atoms with E-state index in [2.05, 4.69) is 4.98 Å². The molecular formula is C14H16N2O3. The molecule has 0 fully saturated rings. The summed E-state index contributed by atoms with van der Waals surface area (Å²) in [7, 11) is 0. The Hall–Kier alpha value is -2.43. The smallest absolute Gasteiger partial charge is 0.342 e. The van der Waals surface area contributed by atoms with Crippen LogP contribution in [0.2, 0.25) is 0 Å². The molecule has 5 nitrogen and oxygen atoms in total. The van der Waals surface area contributed by atoms with Crippen molar-refractivity contribution in [3.05, 3.63) is 35.5 Å². The molecule has 4 N–H and O–H groups in total. The van der Waals surface area contributed by atoms with Gasteiger partial charge in [0.2, 0.25) is 0 Å². The van der Waals surface area contributed by atoms with Crippen molar-refractivity contribution in [2.24, 2.45) is 0 Å².